The lowest BCUT2D eigenvalue weighted by Crippen LogP contribution is -2.37. The van der Waals surface area contributed by atoms with Crippen LogP contribution in [0.1, 0.15) is 23.0 Å². The zero-order valence-electron chi connectivity index (χ0n) is 9.47. The van der Waals surface area contributed by atoms with E-state index in [0.29, 0.717) is 17.8 Å². The Bertz CT molecular complexity index is 471. The molecule has 92 valence electrons. The summed E-state index contributed by atoms with van der Waals surface area (Å²) < 4.78 is 0. The zero-order valence-corrected chi connectivity index (χ0v) is 10.3. The van der Waals surface area contributed by atoms with Crippen LogP contribution in [0, 0.1) is 5.41 Å². The van der Waals surface area contributed by atoms with E-state index in [0.717, 1.165) is 12.2 Å². The fourth-order valence-electron chi connectivity index (χ4n) is 1.99. The summed E-state index contributed by atoms with van der Waals surface area (Å²) in [6.45, 7) is 3.13. The fraction of sp³-hybridized carbons (Fsp3) is 0.455. The van der Waals surface area contributed by atoms with Gasteiger partial charge in [0.1, 0.15) is 4.88 Å². The van der Waals surface area contributed by atoms with Crippen LogP contribution in [0.4, 0.5) is 5.69 Å². The quantitative estimate of drug-likeness (QED) is 0.847. The monoisotopic (exact) mass is 254 g/mol. The molecule has 0 spiro atoms. The number of primary amides is 1. The third-order valence-corrected chi connectivity index (χ3v) is 4.14. The van der Waals surface area contributed by atoms with E-state index < -0.39 is 11.4 Å². The van der Waals surface area contributed by atoms with Crippen molar-refractivity contribution in [1.82, 2.24) is 0 Å². The molecule has 1 fully saturated rings. The highest BCUT2D eigenvalue weighted by Gasteiger charge is 2.39. The van der Waals surface area contributed by atoms with E-state index in [-0.39, 0.29) is 5.91 Å². The van der Waals surface area contributed by atoms with E-state index in [4.69, 9.17) is 10.8 Å². The Kier molecular flexibility index (Phi) is 2.82. The molecule has 0 bridgehead atoms. The van der Waals surface area contributed by atoms with Crippen LogP contribution in [0.3, 0.4) is 0 Å². The summed E-state index contributed by atoms with van der Waals surface area (Å²) in [6, 6.07) is 1.64. The van der Waals surface area contributed by atoms with Crippen LogP contribution in [0.25, 0.3) is 0 Å². The minimum Gasteiger partial charge on any atom is -0.477 e. The second kappa shape index (κ2) is 4.03. The van der Waals surface area contributed by atoms with Gasteiger partial charge in [-0.15, -0.1) is 11.3 Å². The predicted octanol–water partition coefficient (Wildman–Crippen LogP) is 1.15. The lowest BCUT2D eigenvalue weighted by atomic mass is 9.89. The molecule has 1 unspecified atom stereocenters. The normalized spacial score (nSPS) is 23.9. The predicted molar refractivity (Wildman–Crippen MR) is 65.4 cm³/mol. The van der Waals surface area contributed by atoms with Gasteiger partial charge in [0.15, 0.2) is 0 Å². The van der Waals surface area contributed by atoms with Crippen molar-refractivity contribution in [3.05, 3.63) is 16.3 Å². The summed E-state index contributed by atoms with van der Waals surface area (Å²) in [4.78, 5) is 24.4. The number of anilines is 1. The lowest BCUT2D eigenvalue weighted by molar-refractivity contribution is -0.125. The van der Waals surface area contributed by atoms with Gasteiger partial charge in [0.25, 0.3) is 0 Å². The van der Waals surface area contributed by atoms with Crippen molar-refractivity contribution in [1.29, 1.82) is 0 Å². The highest BCUT2D eigenvalue weighted by atomic mass is 32.1. The van der Waals surface area contributed by atoms with Crippen molar-refractivity contribution >= 4 is 28.9 Å². The summed E-state index contributed by atoms with van der Waals surface area (Å²) in [7, 11) is 0. The highest BCUT2D eigenvalue weighted by Crippen LogP contribution is 2.34. The van der Waals surface area contributed by atoms with E-state index in [1.165, 1.54) is 11.3 Å². The molecule has 0 aromatic carbocycles. The molecule has 0 radical (unpaired) electrons. The van der Waals surface area contributed by atoms with Gasteiger partial charge < -0.3 is 15.7 Å². The molecule has 5 nitrogen and oxygen atoms in total. The van der Waals surface area contributed by atoms with Crippen molar-refractivity contribution in [3.63, 3.8) is 0 Å². The average molecular weight is 254 g/mol. The van der Waals surface area contributed by atoms with Gasteiger partial charge in [0, 0.05) is 24.2 Å². The minimum atomic E-state index is -0.918. The van der Waals surface area contributed by atoms with Crippen LogP contribution in [0.15, 0.2) is 11.4 Å². The van der Waals surface area contributed by atoms with Crippen molar-refractivity contribution in [2.24, 2.45) is 11.1 Å². The van der Waals surface area contributed by atoms with Gasteiger partial charge in [-0.25, -0.2) is 4.79 Å². The zero-order chi connectivity index (χ0) is 12.6. The van der Waals surface area contributed by atoms with Crippen molar-refractivity contribution in [3.8, 4) is 0 Å². The summed E-state index contributed by atoms with van der Waals surface area (Å²) in [6.07, 6.45) is 0.709. The van der Waals surface area contributed by atoms with Gasteiger partial charge in [0.2, 0.25) is 5.91 Å². The van der Waals surface area contributed by atoms with Crippen LogP contribution in [0.2, 0.25) is 0 Å². The number of hydrogen-bond donors (Lipinski definition) is 2. The Morgan fingerprint density at radius 1 is 1.59 bits per heavy atom. The molecule has 0 aliphatic carbocycles. The molecule has 17 heavy (non-hydrogen) atoms. The number of nitrogens with zero attached hydrogens (tertiary/aromatic N) is 1. The van der Waals surface area contributed by atoms with E-state index in [1.807, 2.05) is 11.8 Å². The number of amides is 1. The van der Waals surface area contributed by atoms with E-state index in [2.05, 4.69) is 0 Å². The minimum absolute atomic E-state index is 0.298. The molecule has 2 heterocycles. The molecular formula is C11H14N2O3S. The van der Waals surface area contributed by atoms with Gasteiger partial charge in [-0.3, -0.25) is 4.79 Å². The first kappa shape index (κ1) is 11.9. The maximum absolute atomic E-state index is 11.3. The van der Waals surface area contributed by atoms with Gasteiger partial charge >= 0.3 is 5.97 Å². The number of carbonyl (C=O) groups is 2. The second-order valence-electron chi connectivity index (χ2n) is 4.57. The summed E-state index contributed by atoms with van der Waals surface area (Å²) >= 11 is 1.20. The SMILES string of the molecule is CC1(C(N)=O)CCN(c2csc(C(=O)O)c2)C1. The number of carboxylic acids is 1. The second-order valence-corrected chi connectivity index (χ2v) is 5.48. The van der Waals surface area contributed by atoms with Crippen LogP contribution in [0.5, 0.6) is 0 Å². The number of rotatable bonds is 3. The Balaban J connectivity index is 2.15. The van der Waals surface area contributed by atoms with Crippen LogP contribution in [-0.2, 0) is 4.79 Å². The standard InChI is InChI=1S/C11H14N2O3S/c1-11(10(12)16)2-3-13(6-11)7-4-8(9(14)15)17-5-7/h4-5H,2-3,6H2,1H3,(H2,12,16)(H,14,15). The van der Waals surface area contributed by atoms with Crippen LogP contribution in [-0.4, -0.2) is 30.1 Å². The highest BCUT2D eigenvalue weighted by molar-refractivity contribution is 7.12. The number of nitrogens with two attached hydrogens (primary N) is 1. The first-order valence-electron chi connectivity index (χ1n) is 5.29. The van der Waals surface area contributed by atoms with Crippen molar-refractivity contribution < 1.29 is 14.7 Å². The largest absolute Gasteiger partial charge is 0.477 e. The maximum Gasteiger partial charge on any atom is 0.345 e. The molecule has 1 aliphatic rings. The molecule has 0 saturated carbocycles. The summed E-state index contributed by atoms with van der Waals surface area (Å²) in [5.41, 5.74) is 5.72. The number of thiophene rings is 1. The van der Waals surface area contributed by atoms with E-state index >= 15 is 0 Å². The average Bonchev–Trinajstić information content (AvgIpc) is 2.84. The number of aromatic carboxylic acids is 1. The van der Waals surface area contributed by atoms with Crippen LogP contribution >= 0.6 is 11.3 Å². The molecule has 1 aromatic heterocycles. The van der Waals surface area contributed by atoms with Gasteiger partial charge in [0.05, 0.1) is 5.41 Å². The molecule has 1 atom stereocenters. The smallest absolute Gasteiger partial charge is 0.345 e. The first-order chi connectivity index (χ1) is 7.92. The molecule has 1 saturated heterocycles. The Hall–Kier alpha value is -1.56. The van der Waals surface area contributed by atoms with E-state index in [1.54, 1.807) is 11.4 Å². The van der Waals surface area contributed by atoms with Gasteiger partial charge in [-0.2, -0.15) is 0 Å². The van der Waals surface area contributed by atoms with Crippen molar-refractivity contribution in [2.75, 3.05) is 18.0 Å². The number of carbonyl (C=O) groups excluding carboxylic acids is 1. The topological polar surface area (TPSA) is 83.6 Å². The maximum atomic E-state index is 11.3. The molecule has 1 aromatic rings. The molecule has 2 rings (SSSR count). The number of carboxylic acid groups (broad SMARTS) is 1. The van der Waals surface area contributed by atoms with Gasteiger partial charge in [-0.1, -0.05) is 0 Å². The lowest BCUT2D eigenvalue weighted by Gasteiger charge is -2.21. The molecule has 6 heteroatoms. The Morgan fingerprint density at radius 3 is 2.76 bits per heavy atom. The molecular weight excluding hydrogens is 240 g/mol. The molecule has 1 aliphatic heterocycles. The first-order valence-corrected chi connectivity index (χ1v) is 6.17. The summed E-state index contributed by atoms with van der Waals surface area (Å²) in [5, 5.41) is 10.7. The van der Waals surface area contributed by atoms with Crippen molar-refractivity contribution in [2.45, 2.75) is 13.3 Å². The summed E-state index contributed by atoms with van der Waals surface area (Å²) in [5.74, 6) is -1.22. The number of hydrogen-bond acceptors (Lipinski definition) is 4. The van der Waals surface area contributed by atoms with Gasteiger partial charge in [-0.05, 0) is 19.4 Å². The van der Waals surface area contributed by atoms with E-state index in [9.17, 15) is 9.59 Å². The Labute approximate surface area is 103 Å². The third kappa shape index (κ3) is 2.12. The molecule has 3 N–H and O–H groups in total. The molecule has 1 amide bonds. The Morgan fingerprint density at radius 2 is 2.29 bits per heavy atom. The van der Waals surface area contributed by atoms with Crippen LogP contribution < -0.4 is 10.6 Å². The fourth-order valence-corrected chi connectivity index (χ4v) is 2.74. The third-order valence-electron chi connectivity index (χ3n) is 3.23.